The van der Waals surface area contributed by atoms with Crippen molar-refractivity contribution in [2.45, 2.75) is 37.8 Å². The van der Waals surface area contributed by atoms with Gasteiger partial charge >= 0.3 is 0 Å². The number of rotatable bonds is 2. The number of benzene rings is 1. The molecule has 1 aromatic rings. The van der Waals surface area contributed by atoms with E-state index in [1.54, 1.807) is 0 Å². The van der Waals surface area contributed by atoms with Gasteiger partial charge in [-0.2, -0.15) is 11.8 Å². The van der Waals surface area contributed by atoms with Crippen LogP contribution in [0.15, 0.2) is 21.1 Å². The second-order valence-corrected chi connectivity index (χ2v) is 8.59. The molecule has 2 nitrogen and oxygen atoms in total. The predicted molar refractivity (Wildman–Crippen MR) is 93.8 cm³/mol. The smallest absolute Gasteiger partial charge is 0.0799 e. The molecule has 0 amide bonds. The van der Waals surface area contributed by atoms with Crippen LogP contribution in [-0.2, 0) is 4.74 Å². The zero-order valence-corrected chi connectivity index (χ0v) is 15.5. The maximum atomic E-state index is 6.09. The van der Waals surface area contributed by atoms with Crippen molar-refractivity contribution >= 4 is 49.3 Å². The fourth-order valence-corrected chi connectivity index (χ4v) is 6.08. The third-order valence-corrected chi connectivity index (χ3v) is 6.57. The van der Waals surface area contributed by atoms with Gasteiger partial charge in [0.15, 0.2) is 0 Å². The minimum atomic E-state index is 0.129. The van der Waals surface area contributed by atoms with Crippen LogP contribution in [-0.4, -0.2) is 29.8 Å². The first-order valence-electron chi connectivity index (χ1n) is 7.02. The topological polar surface area (TPSA) is 21.3 Å². The molecule has 0 saturated carbocycles. The van der Waals surface area contributed by atoms with Crippen LogP contribution in [0.2, 0.25) is 0 Å². The largest absolute Gasteiger partial charge is 0.380 e. The average molecular weight is 421 g/mol. The van der Waals surface area contributed by atoms with Crippen molar-refractivity contribution < 1.29 is 4.74 Å². The van der Waals surface area contributed by atoms with Crippen LogP contribution in [0.3, 0.4) is 0 Å². The van der Waals surface area contributed by atoms with Gasteiger partial charge in [0, 0.05) is 27.3 Å². The molecule has 0 aromatic heterocycles. The van der Waals surface area contributed by atoms with Crippen LogP contribution < -0.4 is 5.32 Å². The molecule has 110 valence electrons. The minimum Gasteiger partial charge on any atom is -0.380 e. The summed E-state index contributed by atoms with van der Waals surface area (Å²) in [6.45, 7) is 2.98. The lowest BCUT2D eigenvalue weighted by Gasteiger charge is -2.38. The first kappa shape index (κ1) is 15.2. The molecule has 20 heavy (non-hydrogen) atoms. The number of thioether (sulfide) groups is 1. The molecule has 2 aliphatic rings. The van der Waals surface area contributed by atoms with Crippen molar-refractivity contribution in [3.8, 4) is 0 Å². The summed E-state index contributed by atoms with van der Waals surface area (Å²) in [5.74, 6) is 2.39. The van der Waals surface area contributed by atoms with E-state index in [2.05, 4.69) is 56.2 Å². The van der Waals surface area contributed by atoms with Gasteiger partial charge < -0.3 is 10.1 Å². The van der Waals surface area contributed by atoms with E-state index in [-0.39, 0.29) is 5.60 Å². The Hall–Kier alpha value is 0.290. The molecular formula is C15H19Br2NOS. The maximum absolute atomic E-state index is 6.09. The van der Waals surface area contributed by atoms with Gasteiger partial charge in [0.25, 0.3) is 0 Å². The van der Waals surface area contributed by atoms with Gasteiger partial charge in [-0.3, -0.25) is 0 Å². The van der Waals surface area contributed by atoms with Crippen LogP contribution in [0, 0.1) is 6.92 Å². The van der Waals surface area contributed by atoms with Gasteiger partial charge in [0.05, 0.1) is 11.3 Å². The van der Waals surface area contributed by atoms with Gasteiger partial charge in [0.2, 0.25) is 0 Å². The normalized spacial score (nSPS) is 29.9. The van der Waals surface area contributed by atoms with Crippen LogP contribution in [0.5, 0.6) is 0 Å². The molecule has 1 N–H and O–H groups in total. The highest BCUT2D eigenvalue weighted by atomic mass is 79.9. The second kappa shape index (κ2) is 6.19. The molecule has 2 unspecified atom stereocenters. The molecule has 3 rings (SSSR count). The quantitative estimate of drug-likeness (QED) is 0.728. The van der Waals surface area contributed by atoms with Crippen LogP contribution in [0.25, 0.3) is 0 Å². The average Bonchev–Trinajstić information content (AvgIpc) is 2.82. The molecule has 2 atom stereocenters. The van der Waals surface area contributed by atoms with Crippen LogP contribution >= 0.6 is 43.6 Å². The Balaban J connectivity index is 1.74. The van der Waals surface area contributed by atoms with Crippen LogP contribution in [0.4, 0.5) is 5.69 Å². The highest BCUT2D eigenvalue weighted by molar-refractivity contribution is 9.11. The second-order valence-electron chi connectivity index (χ2n) is 5.77. The van der Waals surface area contributed by atoms with E-state index in [1.807, 2.05) is 11.8 Å². The predicted octanol–water partition coefficient (Wildman–Crippen LogP) is 4.99. The zero-order chi connectivity index (χ0) is 14.2. The molecule has 0 radical (unpaired) electrons. The number of hydrogen-bond donors (Lipinski definition) is 1. The number of hydrogen-bond acceptors (Lipinski definition) is 3. The standard InChI is InChI=1S/C15H19Br2NOS/c1-10-6-12(16)14(13(17)7-10)18-11-2-4-19-15(8-11)3-5-20-9-15/h6-7,11,18H,2-5,8-9H2,1H3. The number of halogens is 2. The molecule has 2 heterocycles. The SMILES string of the molecule is Cc1cc(Br)c(NC2CCOC3(CCSC3)C2)c(Br)c1. The van der Waals surface area contributed by atoms with E-state index in [9.17, 15) is 0 Å². The van der Waals surface area contributed by atoms with Crippen molar-refractivity contribution in [2.75, 3.05) is 23.4 Å². The third-order valence-electron chi connectivity index (χ3n) is 4.10. The Morgan fingerprint density at radius 3 is 2.75 bits per heavy atom. The summed E-state index contributed by atoms with van der Waals surface area (Å²) in [5.41, 5.74) is 2.55. The summed E-state index contributed by atoms with van der Waals surface area (Å²) >= 11 is 9.37. The van der Waals surface area contributed by atoms with E-state index < -0.39 is 0 Å². The number of ether oxygens (including phenoxy) is 1. The number of aryl methyl sites for hydroxylation is 1. The lowest BCUT2D eigenvalue weighted by Crippen LogP contribution is -2.44. The fourth-order valence-electron chi connectivity index (χ4n) is 3.06. The Labute approximate surface area is 141 Å². The molecule has 5 heteroatoms. The van der Waals surface area contributed by atoms with E-state index in [0.29, 0.717) is 6.04 Å². The molecule has 1 aromatic carbocycles. The first-order chi connectivity index (χ1) is 9.58. The van der Waals surface area contributed by atoms with Crippen molar-refractivity contribution in [1.29, 1.82) is 0 Å². The molecular weight excluding hydrogens is 402 g/mol. The van der Waals surface area contributed by atoms with E-state index >= 15 is 0 Å². The van der Waals surface area contributed by atoms with Crippen LogP contribution in [0.1, 0.15) is 24.8 Å². The highest BCUT2D eigenvalue weighted by Gasteiger charge is 2.40. The maximum Gasteiger partial charge on any atom is 0.0799 e. The molecule has 2 fully saturated rings. The molecule has 1 spiro atoms. The summed E-state index contributed by atoms with van der Waals surface area (Å²) < 4.78 is 8.35. The lowest BCUT2D eigenvalue weighted by atomic mass is 9.90. The summed E-state index contributed by atoms with van der Waals surface area (Å²) in [4.78, 5) is 0. The Kier molecular flexibility index (Phi) is 4.70. The first-order valence-corrected chi connectivity index (χ1v) is 9.76. The zero-order valence-electron chi connectivity index (χ0n) is 11.5. The lowest BCUT2D eigenvalue weighted by molar-refractivity contribution is -0.0628. The van der Waals surface area contributed by atoms with Gasteiger partial charge in [-0.15, -0.1) is 0 Å². The summed E-state index contributed by atoms with van der Waals surface area (Å²) in [7, 11) is 0. The Morgan fingerprint density at radius 1 is 1.35 bits per heavy atom. The van der Waals surface area contributed by atoms with E-state index in [1.165, 1.54) is 23.4 Å². The highest BCUT2D eigenvalue weighted by Crippen LogP contribution is 2.40. The van der Waals surface area contributed by atoms with Gasteiger partial charge in [-0.1, -0.05) is 0 Å². The molecule has 2 saturated heterocycles. The number of nitrogens with one attached hydrogen (secondary N) is 1. The van der Waals surface area contributed by atoms with Crippen molar-refractivity contribution in [1.82, 2.24) is 0 Å². The fraction of sp³-hybridized carbons (Fsp3) is 0.600. The molecule has 2 aliphatic heterocycles. The summed E-state index contributed by atoms with van der Waals surface area (Å²) in [6, 6.07) is 4.82. The summed E-state index contributed by atoms with van der Waals surface area (Å²) in [6.07, 6.45) is 3.40. The third kappa shape index (κ3) is 3.21. The van der Waals surface area contributed by atoms with E-state index in [0.717, 1.165) is 34.1 Å². The van der Waals surface area contributed by atoms with Crippen molar-refractivity contribution in [3.63, 3.8) is 0 Å². The summed E-state index contributed by atoms with van der Waals surface area (Å²) in [5, 5.41) is 3.71. The van der Waals surface area contributed by atoms with Gasteiger partial charge in [-0.25, -0.2) is 0 Å². The number of anilines is 1. The van der Waals surface area contributed by atoms with Gasteiger partial charge in [0.1, 0.15) is 0 Å². The van der Waals surface area contributed by atoms with Gasteiger partial charge in [-0.05, 0) is 81.5 Å². The Morgan fingerprint density at radius 2 is 2.10 bits per heavy atom. The van der Waals surface area contributed by atoms with Crippen molar-refractivity contribution in [2.24, 2.45) is 0 Å². The molecule has 0 aliphatic carbocycles. The Bertz CT molecular complexity index is 480. The van der Waals surface area contributed by atoms with E-state index in [4.69, 9.17) is 4.74 Å². The minimum absolute atomic E-state index is 0.129. The monoisotopic (exact) mass is 419 g/mol. The molecule has 0 bridgehead atoms. The van der Waals surface area contributed by atoms with Crippen molar-refractivity contribution in [3.05, 3.63) is 26.6 Å².